The second kappa shape index (κ2) is 3.40. The van der Waals surface area contributed by atoms with Crippen LogP contribution in [0.1, 0.15) is 6.42 Å². The van der Waals surface area contributed by atoms with E-state index in [1.807, 2.05) is 0 Å². The topological polar surface area (TPSA) is 21.3 Å². The summed E-state index contributed by atoms with van der Waals surface area (Å²) in [6.07, 6.45) is -5.65. The molecule has 1 aliphatic heterocycles. The maximum absolute atomic E-state index is 11.7. The summed E-state index contributed by atoms with van der Waals surface area (Å²) in [6, 6.07) is 0. The van der Waals surface area contributed by atoms with Crippen LogP contribution in [-0.4, -0.2) is 32.0 Å². The van der Waals surface area contributed by atoms with Gasteiger partial charge in [0.25, 0.3) is 0 Å². The predicted octanol–water partition coefficient (Wildman–Crippen LogP) is 0.927. The maximum atomic E-state index is 11.7. The summed E-state index contributed by atoms with van der Waals surface area (Å²) in [5.41, 5.74) is 0. The molecule has 0 radical (unpaired) electrons. The molecule has 1 saturated heterocycles. The van der Waals surface area contributed by atoms with Gasteiger partial charge in [0, 0.05) is 13.1 Å². The molecule has 0 spiro atoms. The van der Waals surface area contributed by atoms with Gasteiger partial charge in [0.05, 0.1) is 19.1 Å². The van der Waals surface area contributed by atoms with E-state index < -0.39 is 18.7 Å². The Hall–Kier alpha value is -0.290. The van der Waals surface area contributed by atoms with Gasteiger partial charge in [-0.05, 0) is 0 Å². The van der Waals surface area contributed by atoms with Crippen molar-refractivity contribution in [2.24, 2.45) is 0 Å². The summed E-state index contributed by atoms with van der Waals surface area (Å²) in [7, 11) is 0. The van der Waals surface area contributed by atoms with Gasteiger partial charge in [0.2, 0.25) is 0 Å². The third kappa shape index (κ3) is 3.57. The molecule has 1 rings (SSSR count). The summed E-state index contributed by atoms with van der Waals surface area (Å²) in [6.45, 7) is 1.33. The number of halogens is 3. The molecular formula is C6H10F3NO. The SMILES string of the molecule is FC(F)(F)C[C@@H]1CNCCO1. The first kappa shape index (κ1) is 8.80. The Morgan fingerprint density at radius 2 is 2.18 bits per heavy atom. The van der Waals surface area contributed by atoms with Crippen LogP contribution in [-0.2, 0) is 4.74 Å². The summed E-state index contributed by atoms with van der Waals surface area (Å²) < 4.78 is 40.1. The lowest BCUT2D eigenvalue weighted by Crippen LogP contribution is -2.40. The molecule has 0 amide bonds. The van der Waals surface area contributed by atoms with Gasteiger partial charge in [-0.15, -0.1) is 0 Å². The van der Waals surface area contributed by atoms with Crippen molar-refractivity contribution in [2.75, 3.05) is 19.7 Å². The maximum Gasteiger partial charge on any atom is 0.391 e. The minimum absolute atomic E-state index is 0.305. The van der Waals surface area contributed by atoms with E-state index in [1.165, 1.54) is 0 Å². The predicted molar refractivity (Wildman–Crippen MR) is 33.3 cm³/mol. The van der Waals surface area contributed by atoms with E-state index in [0.717, 1.165) is 0 Å². The molecule has 0 unspecified atom stereocenters. The van der Waals surface area contributed by atoms with Crippen LogP contribution in [0.2, 0.25) is 0 Å². The quantitative estimate of drug-likeness (QED) is 0.630. The second-order valence-electron chi connectivity index (χ2n) is 2.52. The van der Waals surface area contributed by atoms with Crippen LogP contribution in [0.15, 0.2) is 0 Å². The number of hydrogen-bond donors (Lipinski definition) is 1. The summed E-state index contributed by atoms with van der Waals surface area (Å²) in [4.78, 5) is 0. The van der Waals surface area contributed by atoms with Crippen molar-refractivity contribution >= 4 is 0 Å². The van der Waals surface area contributed by atoms with Gasteiger partial charge in [-0.1, -0.05) is 0 Å². The van der Waals surface area contributed by atoms with Crippen molar-refractivity contribution in [1.82, 2.24) is 5.32 Å². The summed E-state index contributed by atoms with van der Waals surface area (Å²) in [5, 5.41) is 2.83. The van der Waals surface area contributed by atoms with E-state index >= 15 is 0 Å². The van der Waals surface area contributed by atoms with Crippen LogP contribution in [0.5, 0.6) is 0 Å². The van der Waals surface area contributed by atoms with E-state index in [9.17, 15) is 13.2 Å². The molecule has 66 valence electrons. The van der Waals surface area contributed by atoms with Crippen molar-refractivity contribution in [3.63, 3.8) is 0 Å². The molecule has 0 bridgehead atoms. The molecule has 0 aromatic heterocycles. The number of hydrogen-bond acceptors (Lipinski definition) is 2. The van der Waals surface area contributed by atoms with Gasteiger partial charge in [0.1, 0.15) is 0 Å². The first-order valence-electron chi connectivity index (χ1n) is 3.47. The second-order valence-corrected chi connectivity index (χ2v) is 2.52. The molecule has 1 aliphatic rings. The van der Waals surface area contributed by atoms with Crippen LogP contribution >= 0.6 is 0 Å². The van der Waals surface area contributed by atoms with Gasteiger partial charge in [-0.25, -0.2) is 0 Å². The number of nitrogens with one attached hydrogen (secondary N) is 1. The highest BCUT2D eigenvalue weighted by Crippen LogP contribution is 2.23. The minimum Gasteiger partial charge on any atom is -0.375 e. The van der Waals surface area contributed by atoms with Gasteiger partial charge in [-0.3, -0.25) is 0 Å². The Labute approximate surface area is 62.7 Å². The summed E-state index contributed by atoms with van der Waals surface area (Å²) in [5.74, 6) is 0. The molecule has 0 aromatic rings. The number of alkyl halides is 3. The fraction of sp³-hybridized carbons (Fsp3) is 1.00. The van der Waals surface area contributed by atoms with Gasteiger partial charge < -0.3 is 10.1 Å². The lowest BCUT2D eigenvalue weighted by molar-refractivity contribution is -0.163. The van der Waals surface area contributed by atoms with E-state index in [-0.39, 0.29) is 0 Å². The van der Waals surface area contributed by atoms with Crippen LogP contribution in [0.3, 0.4) is 0 Å². The molecule has 1 heterocycles. The molecule has 0 saturated carbocycles. The molecule has 5 heteroatoms. The Morgan fingerprint density at radius 1 is 1.45 bits per heavy atom. The first-order chi connectivity index (χ1) is 5.08. The third-order valence-electron chi connectivity index (χ3n) is 1.46. The molecule has 2 nitrogen and oxygen atoms in total. The fourth-order valence-corrected chi connectivity index (χ4v) is 1.01. The lowest BCUT2D eigenvalue weighted by atomic mass is 10.2. The Balaban J connectivity index is 2.24. The molecule has 0 aliphatic carbocycles. The molecule has 11 heavy (non-hydrogen) atoms. The average Bonchev–Trinajstić information content (AvgIpc) is 1.85. The third-order valence-corrected chi connectivity index (χ3v) is 1.46. The standard InChI is InChI=1S/C6H10F3NO/c7-6(8,9)3-5-4-10-1-2-11-5/h5,10H,1-4H2/t5-/m1/s1. The van der Waals surface area contributed by atoms with E-state index in [4.69, 9.17) is 4.74 Å². The zero-order valence-electron chi connectivity index (χ0n) is 5.95. The van der Waals surface area contributed by atoms with E-state index in [0.29, 0.717) is 19.7 Å². The van der Waals surface area contributed by atoms with Crippen molar-refractivity contribution in [3.8, 4) is 0 Å². The average molecular weight is 169 g/mol. The van der Waals surface area contributed by atoms with E-state index in [2.05, 4.69) is 5.32 Å². The summed E-state index contributed by atoms with van der Waals surface area (Å²) >= 11 is 0. The fourth-order valence-electron chi connectivity index (χ4n) is 1.01. The molecule has 1 fully saturated rings. The minimum atomic E-state index is -4.11. The number of ether oxygens (including phenoxy) is 1. The zero-order chi connectivity index (χ0) is 8.32. The normalized spacial score (nSPS) is 27.0. The van der Waals surface area contributed by atoms with E-state index in [1.54, 1.807) is 0 Å². The molecule has 0 aromatic carbocycles. The first-order valence-corrected chi connectivity index (χ1v) is 3.47. The van der Waals surface area contributed by atoms with Crippen molar-refractivity contribution in [1.29, 1.82) is 0 Å². The van der Waals surface area contributed by atoms with Crippen molar-refractivity contribution in [3.05, 3.63) is 0 Å². The highest BCUT2D eigenvalue weighted by atomic mass is 19.4. The van der Waals surface area contributed by atoms with Crippen molar-refractivity contribution in [2.45, 2.75) is 18.7 Å². The highest BCUT2D eigenvalue weighted by molar-refractivity contribution is 4.70. The van der Waals surface area contributed by atoms with Crippen LogP contribution < -0.4 is 5.32 Å². The van der Waals surface area contributed by atoms with Gasteiger partial charge >= 0.3 is 6.18 Å². The van der Waals surface area contributed by atoms with Crippen molar-refractivity contribution < 1.29 is 17.9 Å². The number of morpholine rings is 1. The monoisotopic (exact) mass is 169 g/mol. The Bertz CT molecular complexity index is 119. The Kier molecular flexibility index (Phi) is 2.72. The van der Waals surface area contributed by atoms with Crippen LogP contribution in [0.25, 0.3) is 0 Å². The van der Waals surface area contributed by atoms with Crippen LogP contribution in [0.4, 0.5) is 13.2 Å². The molecule has 1 atom stereocenters. The largest absolute Gasteiger partial charge is 0.391 e. The Morgan fingerprint density at radius 3 is 2.64 bits per heavy atom. The molecule has 1 N–H and O–H groups in total. The van der Waals surface area contributed by atoms with Crippen LogP contribution in [0, 0.1) is 0 Å². The zero-order valence-corrected chi connectivity index (χ0v) is 5.95. The molecular weight excluding hydrogens is 159 g/mol. The lowest BCUT2D eigenvalue weighted by Gasteiger charge is -2.24. The number of rotatable bonds is 1. The smallest absolute Gasteiger partial charge is 0.375 e. The van der Waals surface area contributed by atoms with Gasteiger partial charge in [-0.2, -0.15) is 13.2 Å². The van der Waals surface area contributed by atoms with Gasteiger partial charge in [0.15, 0.2) is 0 Å². The highest BCUT2D eigenvalue weighted by Gasteiger charge is 2.32.